The van der Waals surface area contributed by atoms with Crippen molar-refractivity contribution in [1.82, 2.24) is 10.2 Å². The van der Waals surface area contributed by atoms with Crippen LogP contribution < -0.4 is 5.32 Å². The van der Waals surface area contributed by atoms with Crippen LogP contribution in [-0.4, -0.2) is 37.0 Å². The van der Waals surface area contributed by atoms with Crippen molar-refractivity contribution in [2.24, 2.45) is 5.41 Å². The molecule has 1 aromatic carbocycles. The second-order valence-electron chi connectivity index (χ2n) is 5.87. The molecule has 0 radical (unpaired) electrons. The van der Waals surface area contributed by atoms with Crippen LogP contribution >= 0.6 is 12.4 Å². The monoisotopic (exact) mass is 316 g/mol. The molecule has 0 aliphatic carbocycles. The van der Waals surface area contributed by atoms with Crippen molar-refractivity contribution in [2.75, 3.05) is 26.2 Å². The van der Waals surface area contributed by atoms with Crippen LogP contribution in [-0.2, 0) is 11.2 Å². The minimum atomic E-state index is -0.644. The Morgan fingerprint density at radius 3 is 2.62 bits per heavy atom. The Kier molecular flexibility index (Phi) is 4.84. The second-order valence-corrected chi connectivity index (χ2v) is 5.87. The van der Waals surface area contributed by atoms with Gasteiger partial charge in [0, 0.05) is 30.6 Å². The van der Waals surface area contributed by atoms with E-state index in [1.165, 1.54) is 18.2 Å². The van der Waals surface area contributed by atoms with Gasteiger partial charge in [-0.3, -0.25) is 4.79 Å². The molecule has 2 heterocycles. The Morgan fingerprint density at radius 2 is 2.00 bits per heavy atom. The molecule has 1 spiro atoms. The average molecular weight is 317 g/mol. The van der Waals surface area contributed by atoms with Gasteiger partial charge in [-0.05, 0) is 31.5 Å². The molecule has 21 heavy (non-hydrogen) atoms. The summed E-state index contributed by atoms with van der Waals surface area (Å²) in [5, 5.41) is 3.32. The number of carbonyl (C=O) groups excluding carboxylic acids is 1. The molecule has 1 N–H and O–H groups in total. The van der Waals surface area contributed by atoms with Gasteiger partial charge in [-0.15, -0.1) is 12.4 Å². The quantitative estimate of drug-likeness (QED) is 0.906. The molecule has 0 bridgehead atoms. The van der Waals surface area contributed by atoms with Crippen LogP contribution in [0.3, 0.4) is 0 Å². The van der Waals surface area contributed by atoms with Gasteiger partial charge < -0.3 is 10.2 Å². The first-order chi connectivity index (χ1) is 9.60. The molecule has 6 heteroatoms. The van der Waals surface area contributed by atoms with E-state index in [2.05, 4.69) is 5.32 Å². The van der Waals surface area contributed by atoms with E-state index in [1.54, 1.807) is 4.90 Å². The normalized spacial score (nSPS) is 24.4. The summed E-state index contributed by atoms with van der Waals surface area (Å²) in [4.78, 5) is 14.0. The minimum absolute atomic E-state index is 0. The third-order valence-electron chi connectivity index (χ3n) is 4.51. The Balaban J connectivity index is 0.00000161. The topological polar surface area (TPSA) is 32.3 Å². The maximum Gasteiger partial charge on any atom is 0.227 e. The van der Waals surface area contributed by atoms with Crippen molar-refractivity contribution in [2.45, 2.75) is 19.3 Å². The highest BCUT2D eigenvalue weighted by Crippen LogP contribution is 2.36. The molecule has 2 fully saturated rings. The molecule has 3 rings (SSSR count). The van der Waals surface area contributed by atoms with Crippen molar-refractivity contribution in [3.05, 3.63) is 35.4 Å². The first-order valence-corrected chi connectivity index (χ1v) is 7.01. The van der Waals surface area contributed by atoms with Gasteiger partial charge in [0.25, 0.3) is 0 Å². The van der Waals surface area contributed by atoms with Crippen molar-refractivity contribution < 1.29 is 13.6 Å². The zero-order valence-corrected chi connectivity index (χ0v) is 12.5. The lowest BCUT2D eigenvalue weighted by molar-refractivity contribution is -0.129. The number of halogens is 3. The number of carbonyl (C=O) groups is 1. The van der Waals surface area contributed by atoms with Crippen molar-refractivity contribution in [3.8, 4) is 0 Å². The highest BCUT2D eigenvalue weighted by Gasteiger charge is 2.41. The minimum Gasteiger partial charge on any atom is -0.342 e. The number of hydrogen-bond donors (Lipinski definition) is 1. The molecule has 1 aromatic rings. The zero-order valence-electron chi connectivity index (χ0n) is 11.7. The molecule has 1 amide bonds. The predicted octanol–water partition coefficient (Wildman–Crippen LogP) is 2.14. The Bertz CT molecular complexity index is 512. The van der Waals surface area contributed by atoms with Crippen molar-refractivity contribution in [3.63, 3.8) is 0 Å². The standard InChI is InChI=1S/C15H18F2N2O.ClH/c16-12-2-1-3-13(17)11(12)8-14(20)19-7-5-15(10-19)4-6-18-9-15;/h1-3,18H,4-10H2;1H. The number of likely N-dealkylation sites (tertiary alicyclic amines) is 1. The van der Waals surface area contributed by atoms with Gasteiger partial charge in [-0.1, -0.05) is 6.07 Å². The van der Waals surface area contributed by atoms with Gasteiger partial charge in [-0.2, -0.15) is 0 Å². The van der Waals surface area contributed by atoms with E-state index in [0.29, 0.717) is 13.1 Å². The molecule has 1 atom stereocenters. The third-order valence-corrected chi connectivity index (χ3v) is 4.51. The van der Waals surface area contributed by atoms with Crippen LogP contribution in [0.15, 0.2) is 18.2 Å². The summed E-state index contributed by atoms with van der Waals surface area (Å²) in [6.45, 7) is 3.32. The van der Waals surface area contributed by atoms with E-state index in [9.17, 15) is 13.6 Å². The second kappa shape index (κ2) is 6.28. The molecular weight excluding hydrogens is 298 g/mol. The Morgan fingerprint density at radius 1 is 1.29 bits per heavy atom. The van der Waals surface area contributed by atoms with E-state index in [4.69, 9.17) is 0 Å². The van der Waals surface area contributed by atoms with Gasteiger partial charge in [-0.25, -0.2) is 8.78 Å². The summed E-state index contributed by atoms with van der Waals surface area (Å²) in [7, 11) is 0. The molecule has 2 aliphatic heterocycles. The fourth-order valence-corrected chi connectivity index (χ4v) is 3.26. The Labute approximate surface area is 129 Å². The van der Waals surface area contributed by atoms with Gasteiger partial charge in [0.05, 0.1) is 6.42 Å². The van der Waals surface area contributed by atoms with Gasteiger partial charge in [0.15, 0.2) is 0 Å². The summed E-state index contributed by atoms with van der Waals surface area (Å²) in [6.07, 6.45) is 1.86. The largest absolute Gasteiger partial charge is 0.342 e. The zero-order chi connectivity index (χ0) is 14.2. The maximum atomic E-state index is 13.6. The number of amides is 1. The first kappa shape index (κ1) is 16.2. The van der Waals surface area contributed by atoms with Crippen LogP contribution in [0.2, 0.25) is 0 Å². The fraction of sp³-hybridized carbons (Fsp3) is 0.533. The highest BCUT2D eigenvalue weighted by atomic mass is 35.5. The van der Waals surface area contributed by atoms with Crippen molar-refractivity contribution in [1.29, 1.82) is 0 Å². The number of rotatable bonds is 2. The lowest BCUT2D eigenvalue weighted by atomic mass is 9.86. The molecule has 1 unspecified atom stereocenters. The highest BCUT2D eigenvalue weighted by molar-refractivity contribution is 5.85. The summed E-state index contributed by atoms with van der Waals surface area (Å²) in [6, 6.07) is 3.70. The predicted molar refractivity (Wildman–Crippen MR) is 78.4 cm³/mol. The molecular formula is C15H19ClF2N2O. The Hall–Kier alpha value is -1.20. The van der Waals surface area contributed by atoms with E-state index < -0.39 is 11.6 Å². The van der Waals surface area contributed by atoms with Crippen molar-refractivity contribution >= 4 is 18.3 Å². The van der Waals surface area contributed by atoms with Gasteiger partial charge in [0.1, 0.15) is 11.6 Å². The fourth-order valence-electron chi connectivity index (χ4n) is 3.26. The molecule has 0 saturated carbocycles. The smallest absolute Gasteiger partial charge is 0.227 e. The molecule has 2 aliphatic rings. The lowest BCUT2D eigenvalue weighted by Crippen LogP contribution is -2.34. The SMILES string of the molecule is Cl.O=C(Cc1c(F)cccc1F)N1CCC2(CCNC2)C1. The number of benzene rings is 1. The van der Waals surface area contributed by atoms with Crippen LogP contribution in [0.4, 0.5) is 8.78 Å². The first-order valence-electron chi connectivity index (χ1n) is 7.01. The number of hydrogen-bond acceptors (Lipinski definition) is 2. The summed E-state index contributed by atoms with van der Waals surface area (Å²) in [5.41, 5.74) is 0.0617. The average Bonchev–Trinajstić information content (AvgIpc) is 3.05. The lowest BCUT2D eigenvalue weighted by Gasteiger charge is -2.23. The van der Waals surface area contributed by atoms with Crippen LogP contribution in [0.5, 0.6) is 0 Å². The van der Waals surface area contributed by atoms with E-state index in [-0.39, 0.29) is 35.7 Å². The third kappa shape index (κ3) is 3.19. The van der Waals surface area contributed by atoms with Crippen LogP contribution in [0, 0.1) is 17.0 Å². The summed E-state index contributed by atoms with van der Waals surface area (Å²) >= 11 is 0. The molecule has 116 valence electrons. The van der Waals surface area contributed by atoms with Crippen LogP contribution in [0.1, 0.15) is 18.4 Å². The number of nitrogens with one attached hydrogen (secondary N) is 1. The summed E-state index contributed by atoms with van der Waals surface area (Å²) in [5.74, 6) is -1.47. The summed E-state index contributed by atoms with van der Waals surface area (Å²) < 4.78 is 27.1. The maximum absolute atomic E-state index is 13.6. The van der Waals surface area contributed by atoms with E-state index in [0.717, 1.165) is 25.9 Å². The van der Waals surface area contributed by atoms with E-state index >= 15 is 0 Å². The van der Waals surface area contributed by atoms with Gasteiger partial charge >= 0.3 is 0 Å². The van der Waals surface area contributed by atoms with Gasteiger partial charge in [0.2, 0.25) is 5.91 Å². The van der Waals surface area contributed by atoms with E-state index in [1.807, 2.05) is 0 Å². The number of nitrogens with zero attached hydrogens (tertiary/aromatic N) is 1. The molecule has 3 nitrogen and oxygen atoms in total. The molecule has 2 saturated heterocycles. The molecule has 0 aromatic heterocycles. The van der Waals surface area contributed by atoms with Crippen LogP contribution in [0.25, 0.3) is 0 Å².